The number of rotatable bonds is 0. The molecule has 1 radical (unpaired) electrons. The van der Waals surface area contributed by atoms with E-state index in [9.17, 15) is 0 Å². The van der Waals surface area contributed by atoms with Crippen molar-refractivity contribution in [2.75, 3.05) is 0 Å². The van der Waals surface area contributed by atoms with Crippen molar-refractivity contribution >= 4 is 11.6 Å². The lowest BCUT2D eigenvalue weighted by Gasteiger charge is -1.88. The highest BCUT2D eigenvalue weighted by atomic mass is 35.5. The highest BCUT2D eigenvalue weighted by Gasteiger charge is 1.89. The lowest BCUT2D eigenvalue weighted by Crippen LogP contribution is -1.83. The van der Waals surface area contributed by atoms with E-state index >= 15 is 0 Å². The molecule has 1 rings (SSSR count). The van der Waals surface area contributed by atoms with Gasteiger partial charge in [-0.1, -0.05) is 11.6 Å². The monoisotopic (exact) mass is 127 g/mol. The molecule has 0 saturated carbocycles. The number of hydrogen-bond acceptors (Lipinski definition) is 2. The third-order valence-corrected chi connectivity index (χ3v) is 1.09. The molecule has 8 heavy (non-hydrogen) atoms. The van der Waals surface area contributed by atoms with Gasteiger partial charge in [-0.3, -0.25) is 0 Å². The predicted molar refractivity (Wildman–Crippen MR) is 31.5 cm³/mol. The van der Waals surface area contributed by atoms with E-state index in [4.69, 9.17) is 11.6 Å². The summed E-state index contributed by atoms with van der Waals surface area (Å²) in [5, 5.41) is 7.69. The van der Waals surface area contributed by atoms with E-state index in [-0.39, 0.29) is 0 Å². The van der Waals surface area contributed by atoms with Crippen molar-refractivity contribution in [3.63, 3.8) is 0 Å². The lowest BCUT2D eigenvalue weighted by atomic mass is 10.4. The van der Waals surface area contributed by atoms with Crippen molar-refractivity contribution in [1.29, 1.82) is 0 Å². The van der Waals surface area contributed by atoms with Crippen molar-refractivity contribution in [2.24, 2.45) is 0 Å². The maximum absolute atomic E-state index is 5.54. The Morgan fingerprint density at radius 3 is 2.75 bits per heavy atom. The summed E-state index contributed by atoms with van der Waals surface area (Å²) in [5.41, 5.74) is 0.522. The van der Waals surface area contributed by atoms with E-state index in [1.807, 2.05) is 0 Å². The van der Waals surface area contributed by atoms with E-state index in [1.165, 1.54) is 6.20 Å². The number of halogens is 1. The molecule has 0 fully saturated rings. The largest absolute Gasteiger partial charge is 0.159 e. The summed E-state index contributed by atoms with van der Waals surface area (Å²) in [4.78, 5) is 0. The summed E-state index contributed by atoms with van der Waals surface area (Å²) in [6, 6.07) is 1.65. The van der Waals surface area contributed by atoms with Gasteiger partial charge in [0.2, 0.25) is 0 Å². The van der Waals surface area contributed by atoms with Crippen LogP contribution in [-0.4, -0.2) is 10.2 Å². The van der Waals surface area contributed by atoms with Crippen molar-refractivity contribution in [1.82, 2.24) is 10.2 Å². The molecule has 0 aromatic carbocycles. The molecule has 0 aliphatic carbocycles. The first kappa shape index (κ1) is 5.51. The fraction of sp³-hybridized carbons (Fsp3) is 0. The van der Waals surface area contributed by atoms with Gasteiger partial charge in [0.25, 0.3) is 0 Å². The Balaban J connectivity index is 3.13. The molecule has 1 aromatic rings. The molecule has 0 aliphatic heterocycles. The molecule has 3 heteroatoms. The van der Waals surface area contributed by atoms with Crippen LogP contribution >= 0.6 is 11.6 Å². The Kier molecular flexibility index (Phi) is 1.44. The van der Waals surface area contributed by atoms with Crippen LogP contribution in [0, 0.1) is 6.92 Å². The molecule has 41 valence electrons. The Bertz CT molecular complexity index is 167. The van der Waals surface area contributed by atoms with Gasteiger partial charge in [-0.25, -0.2) is 0 Å². The van der Waals surface area contributed by atoms with Crippen molar-refractivity contribution in [3.8, 4) is 0 Å². The maximum atomic E-state index is 5.54. The first-order valence-electron chi connectivity index (χ1n) is 2.10. The third-order valence-electron chi connectivity index (χ3n) is 0.742. The summed E-state index contributed by atoms with van der Waals surface area (Å²) < 4.78 is 0. The fourth-order valence-electron chi connectivity index (χ4n) is 0.346. The van der Waals surface area contributed by atoms with Crippen molar-refractivity contribution in [2.45, 2.75) is 0 Å². The summed E-state index contributed by atoms with van der Waals surface area (Å²) in [7, 11) is 0. The second-order valence-corrected chi connectivity index (χ2v) is 1.73. The molecule has 0 N–H and O–H groups in total. The molecular formula is C5H4ClN2. The average Bonchev–Trinajstić information content (AvgIpc) is 1.77. The van der Waals surface area contributed by atoms with Crippen LogP contribution in [0.15, 0.2) is 12.3 Å². The van der Waals surface area contributed by atoms with Gasteiger partial charge in [-0.2, -0.15) is 10.2 Å². The standard InChI is InChI=1S/C5H4ClN2/c1-4-5(6)2-3-7-8-4/h2-3H,1H2. The average molecular weight is 128 g/mol. The molecule has 2 nitrogen and oxygen atoms in total. The van der Waals surface area contributed by atoms with Gasteiger partial charge >= 0.3 is 0 Å². The fourth-order valence-corrected chi connectivity index (χ4v) is 0.440. The zero-order valence-corrected chi connectivity index (χ0v) is 4.89. The molecule has 0 atom stereocenters. The van der Waals surface area contributed by atoms with Crippen LogP contribution in [0.25, 0.3) is 0 Å². The minimum absolute atomic E-state index is 0.522. The molecule has 0 unspecified atom stereocenters. The zero-order chi connectivity index (χ0) is 5.98. The Labute approximate surface area is 52.5 Å². The topological polar surface area (TPSA) is 25.8 Å². The Morgan fingerprint density at radius 2 is 2.38 bits per heavy atom. The highest BCUT2D eigenvalue weighted by molar-refractivity contribution is 6.31. The lowest BCUT2D eigenvalue weighted by molar-refractivity contribution is 1.01. The SMILES string of the molecule is [CH2]c1nnccc1Cl. The summed E-state index contributed by atoms with van der Waals surface area (Å²) in [5.74, 6) is 0. The van der Waals surface area contributed by atoms with Crippen LogP contribution in [0.2, 0.25) is 5.02 Å². The number of nitrogens with zero attached hydrogens (tertiary/aromatic N) is 2. The normalized spacial score (nSPS) is 9.25. The second kappa shape index (κ2) is 2.09. The van der Waals surface area contributed by atoms with Gasteiger partial charge in [0.05, 0.1) is 16.9 Å². The molecule has 1 aromatic heterocycles. The van der Waals surface area contributed by atoms with Gasteiger partial charge in [-0.15, -0.1) is 0 Å². The molecule has 1 heterocycles. The molecule has 0 aliphatic rings. The highest BCUT2D eigenvalue weighted by Crippen LogP contribution is 2.07. The maximum Gasteiger partial charge on any atom is 0.0820 e. The number of aromatic nitrogens is 2. The summed E-state index contributed by atoms with van der Waals surface area (Å²) in [6.45, 7) is 3.51. The van der Waals surface area contributed by atoms with E-state index in [2.05, 4.69) is 17.1 Å². The van der Waals surface area contributed by atoms with Gasteiger partial charge < -0.3 is 0 Å². The van der Waals surface area contributed by atoms with E-state index in [1.54, 1.807) is 6.07 Å². The van der Waals surface area contributed by atoms with Crippen LogP contribution in [0.1, 0.15) is 5.69 Å². The minimum Gasteiger partial charge on any atom is -0.159 e. The smallest absolute Gasteiger partial charge is 0.0820 e. The zero-order valence-electron chi connectivity index (χ0n) is 4.13. The van der Waals surface area contributed by atoms with Crippen LogP contribution < -0.4 is 0 Å². The molecule has 0 bridgehead atoms. The van der Waals surface area contributed by atoms with Gasteiger partial charge in [0.1, 0.15) is 0 Å². The molecule has 0 saturated heterocycles. The predicted octanol–water partition coefficient (Wildman–Crippen LogP) is 1.31. The molecular weight excluding hydrogens is 124 g/mol. The summed E-state index contributed by atoms with van der Waals surface area (Å²) in [6.07, 6.45) is 1.52. The van der Waals surface area contributed by atoms with E-state index in [0.717, 1.165) is 0 Å². The Morgan fingerprint density at radius 1 is 1.62 bits per heavy atom. The van der Waals surface area contributed by atoms with Gasteiger partial charge in [0.15, 0.2) is 0 Å². The van der Waals surface area contributed by atoms with E-state index < -0.39 is 0 Å². The first-order chi connectivity index (χ1) is 3.80. The first-order valence-corrected chi connectivity index (χ1v) is 2.47. The van der Waals surface area contributed by atoms with Crippen LogP contribution in [0.4, 0.5) is 0 Å². The van der Waals surface area contributed by atoms with Crippen LogP contribution in [0.5, 0.6) is 0 Å². The van der Waals surface area contributed by atoms with Crippen molar-refractivity contribution < 1.29 is 0 Å². The van der Waals surface area contributed by atoms with E-state index in [0.29, 0.717) is 10.7 Å². The Hall–Kier alpha value is -0.630. The summed E-state index contributed by atoms with van der Waals surface area (Å²) >= 11 is 5.54. The molecule has 0 spiro atoms. The van der Waals surface area contributed by atoms with Crippen LogP contribution in [-0.2, 0) is 0 Å². The van der Waals surface area contributed by atoms with Crippen LogP contribution in [0.3, 0.4) is 0 Å². The van der Waals surface area contributed by atoms with Crippen molar-refractivity contribution in [3.05, 3.63) is 29.9 Å². The number of hydrogen-bond donors (Lipinski definition) is 0. The third kappa shape index (κ3) is 0.954. The minimum atomic E-state index is 0.522. The van der Waals surface area contributed by atoms with Gasteiger partial charge in [-0.05, 0) is 13.0 Å². The van der Waals surface area contributed by atoms with Gasteiger partial charge in [0, 0.05) is 0 Å². The molecule has 0 amide bonds. The quantitative estimate of drug-likeness (QED) is 0.525. The second-order valence-electron chi connectivity index (χ2n) is 1.33.